The maximum absolute atomic E-state index is 14.8. The second-order valence-corrected chi connectivity index (χ2v) is 15.1. The molecule has 2 aliphatic rings. The van der Waals surface area contributed by atoms with Gasteiger partial charge in [-0.1, -0.05) is 78.9 Å². The maximum Gasteiger partial charge on any atom is 0.255 e. The number of nitrogens with zero attached hydrogens (tertiary/aromatic N) is 4. The van der Waals surface area contributed by atoms with E-state index in [0.717, 1.165) is 97.5 Å². The smallest absolute Gasteiger partial charge is 0.255 e. The lowest BCUT2D eigenvalue weighted by Crippen LogP contribution is -2.50. The summed E-state index contributed by atoms with van der Waals surface area (Å²) in [5.41, 5.74) is 12.7. The van der Waals surface area contributed by atoms with Gasteiger partial charge in [0.25, 0.3) is 5.91 Å². The number of nitrogens with two attached hydrogens (primary N) is 1. The topological polar surface area (TPSA) is 77.3 Å². The Kier molecular flexibility index (Phi) is 11.2. The van der Waals surface area contributed by atoms with Crippen molar-refractivity contribution in [2.45, 2.75) is 39.8 Å². The zero-order chi connectivity index (χ0) is 39.5. The predicted molar refractivity (Wildman–Crippen MR) is 236 cm³/mol. The van der Waals surface area contributed by atoms with Gasteiger partial charge in [-0.2, -0.15) is 0 Å². The van der Waals surface area contributed by atoms with Crippen LogP contribution in [0.4, 0.5) is 11.4 Å². The summed E-state index contributed by atoms with van der Waals surface area (Å²) in [7, 11) is 0. The number of hydrogen-bond acceptors (Lipinski definition) is 7. The molecule has 0 saturated carbocycles. The highest BCUT2D eigenvalue weighted by Gasteiger charge is 2.56. The Morgan fingerprint density at radius 3 is 1.79 bits per heavy atom. The van der Waals surface area contributed by atoms with Crippen LogP contribution in [0.5, 0.6) is 11.5 Å². The zero-order valence-corrected chi connectivity index (χ0v) is 33.9. The fraction of sp³-hybridized carbons (Fsp3) is 0.327. The zero-order valence-electron chi connectivity index (χ0n) is 33.9. The lowest BCUT2D eigenvalue weighted by atomic mass is 9.74. The second kappa shape index (κ2) is 16.6. The normalized spacial score (nSPS) is 13.9. The van der Waals surface area contributed by atoms with Crippen molar-refractivity contribution >= 4 is 38.8 Å². The van der Waals surface area contributed by atoms with Crippen molar-refractivity contribution < 1.29 is 9.53 Å². The minimum atomic E-state index is -0.859. The molecular weight excluding hydrogens is 705 g/mol. The highest BCUT2D eigenvalue weighted by Crippen LogP contribution is 2.58. The van der Waals surface area contributed by atoms with E-state index in [1.807, 2.05) is 12.1 Å². The molecule has 6 aromatic carbocycles. The van der Waals surface area contributed by atoms with E-state index in [0.29, 0.717) is 19.6 Å². The number of benzene rings is 6. The van der Waals surface area contributed by atoms with Gasteiger partial charge in [0.05, 0.1) is 0 Å². The summed E-state index contributed by atoms with van der Waals surface area (Å²) in [6.45, 7) is 17.1. The molecule has 0 aliphatic carbocycles. The number of carbonyl (C=O) groups excluding carboxylic acids is 1. The highest BCUT2D eigenvalue weighted by molar-refractivity contribution is 6.03. The number of amides is 1. The Labute approximate surface area is 337 Å². The number of hydrogen-bond donors (Lipinski definition) is 2. The van der Waals surface area contributed by atoms with Crippen LogP contribution >= 0.6 is 0 Å². The molecule has 0 bridgehead atoms. The molecule has 1 amide bonds. The van der Waals surface area contributed by atoms with Gasteiger partial charge in [-0.25, -0.2) is 0 Å². The largest absolute Gasteiger partial charge is 0.456 e. The number of anilines is 2. The SMILES string of the molecule is CCN(CC)c1ccc2c(c1)Oc1cc(N(CC)CC)ccc1C21c2ccccc2C(=O)N1CCN(CCN)CCNCc1c2ccccc2cc2ccccc12. The standard InChI is InChI=1S/C49H56N6O2/c1-5-53(6-2)37-21-23-44-46(32-37)57-47-33-38(54(7-3)8-4)22-24-45(47)49(44)43-20-14-13-19-41(43)48(56)55(49)30-29-52(27-25-50)28-26-51-34-42-39-17-11-9-15-35(39)31-36-16-10-12-18-40(36)42/h9-24,31-33,51H,5-8,25-30,34,50H2,1-4H3. The minimum absolute atomic E-state index is 0.0405. The lowest BCUT2D eigenvalue weighted by Gasteiger charge is -2.45. The van der Waals surface area contributed by atoms with Crippen molar-refractivity contribution in [2.75, 3.05) is 75.2 Å². The van der Waals surface area contributed by atoms with Crippen molar-refractivity contribution in [3.8, 4) is 11.5 Å². The molecule has 8 rings (SSSR count). The van der Waals surface area contributed by atoms with Gasteiger partial charge in [-0.15, -0.1) is 0 Å². The molecule has 3 N–H and O–H groups in total. The molecular formula is C49H56N6O2. The molecule has 2 aliphatic heterocycles. The van der Waals surface area contributed by atoms with E-state index in [1.54, 1.807) is 0 Å². The van der Waals surface area contributed by atoms with Crippen LogP contribution in [-0.4, -0.2) is 81.2 Å². The summed E-state index contributed by atoms with van der Waals surface area (Å²) in [5, 5.41) is 8.85. The second-order valence-electron chi connectivity index (χ2n) is 15.1. The van der Waals surface area contributed by atoms with Crippen LogP contribution in [0.15, 0.2) is 115 Å². The Bertz CT molecular complexity index is 2270. The molecule has 0 aromatic heterocycles. The average Bonchev–Trinajstić information content (AvgIpc) is 3.48. The monoisotopic (exact) mass is 760 g/mol. The maximum atomic E-state index is 14.8. The highest BCUT2D eigenvalue weighted by atomic mass is 16.5. The molecule has 0 saturated heterocycles. The average molecular weight is 761 g/mol. The quantitative estimate of drug-likeness (QED) is 0.0757. The lowest BCUT2D eigenvalue weighted by molar-refractivity contribution is 0.0636. The predicted octanol–water partition coefficient (Wildman–Crippen LogP) is 8.59. The molecule has 8 heteroatoms. The first-order chi connectivity index (χ1) is 28.0. The van der Waals surface area contributed by atoms with E-state index in [4.69, 9.17) is 10.5 Å². The van der Waals surface area contributed by atoms with Gasteiger partial charge in [-0.3, -0.25) is 9.69 Å². The fourth-order valence-corrected chi connectivity index (χ4v) is 9.41. The van der Waals surface area contributed by atoms with Crippen molar-refractivity contribution in [3.63, 3.8) is 0 Å². The molecule has 57 heavy (non-hydrogen) atoms. The van der Waals surface area contributed by atoms with Crippen molar-refractivity contribution in [1.82, 2.24) is 15.1 Å². The van der Waals surface area contributed by atoms with E-state index >= 15 is 0 Å². The minimum Gasteiger partial charge on any atom is -0.456 e. The third-order valence-corrected chi connectivity index (χ3v) is 12.3. The van der Waals surface area contributed by atoms with Gasteiger partial charge in [0.1, 0.15) is 17.0 Å². The molecule has 8 nitrogen and oxygen atoms in total. The van der Waals surface area contributed by atoms with Gasteiger partial charge in [0.2, 0.25) is 0 Å². The van der Waals surface area contributed by atoms with E-state index in [-0.39, 0.29) is 5.91 Å². The van der Waals surface area contributed by atoms with Crippen molar-refractivity contribution in [2.24, 2.45) is 5.73 Å². The van der Waals surface area contributed by atoms with Gasteiger partial charge in [0, 0.05) is 112 Å². The summed E-state index contributed by atoms with van der Waals surface area (Å²) >= 11 is 0. The number of nitrogens with one attached hydrogen (secondary N) is 1. The summed E-state index contributed by atoms with van der Waals surface area (Å²) in [4.78, 5) is 24.0. The van der Waals surface area contributed by atoms with Crippen LogP contribution in [0.25, 0.3) is 21.5 Å². The van der Waals surface area contributed by atoms with Crippen LogP contribution < -0.4 is 25.6 Å². The summed E-state index contributed by atoms with van der Waals surface area (Å²) in [6.07, 6.45) is 0. The van der Waals surface area contributed by atoms with Crippen LogP contribution in [-0.2, 0) is 12.1 Å². The van der Waals surface area contributed by atoms with Gasteiger partial charge < -0.3 is 30.5 Å². The van der Waals surface area contributed by atoms with Crippen LogP contribution in [0.2, 0.25) is 0 Å². The Hall–Kier alpha value is -5.41. The summed E-state index contributed by atoms with van der Waals surface area (Å²) < 4.78 is 6.92. The van der Waals surface area contributed by atoms with E-state index in [2.05, 4.69) is 156 Å². The van der Waals surface area contributed by atoms with Crippen LogP contribution in [0.3, 0.4) is 0 Å². The van der Waals surface area contributed by atoms with Crippen LogP contribution in [0, 0.1) is 0 Å². The van der Waals surface area contributed by atoms with E-state index in [9.17, 15) is 4.79 Å². The fourth-order valence-electron chi connectivity index (χ4n) is 9.41. The number of rotatable bonds is 16. The van der Waals surface area contributed by atoms with Gasteiger partial charge in [0.15, 0.2) is 0 Å². The summed E-state index contributed by atoms with van der Waals surface area (Å²) in [5.74, 6) is 1.63. The Morgan fingerprint density at radius 1 is 0.649 bits per heavy atom. The number of carbonyl (C=O) groups is 1. The summed E-state index contributed by atoms with van der Waals surface area (Å²) in [6, 6.07) is 40.9. The van der Waals surface area contributed by atoms with E-state index in [1.165, 1.54) is 27.1 Å². The van der Waals surface area contributed by atoms with Crippen molar-refractivity contribution in [3.05, 3.63) is 143 Å². The van der Waals surface area contributed by atoms with Crippen LogP contribution in [0.1, 0.15) is 60.3 Å². The molecule has 0 radical (unpaired) electrons. The Morgan fingerprint density at radius 2 is 1.21 bits per heavy atom. The molecule has 6 aromatic rings. The van der Waals surface area contributed by atoms with Crippen molar-refractivity contribution in [1.29, 1.82) is 0 Å². The third-order valence-electron chi connectivity index (χ3n) is 12.3. The van der Waals surface area contributed by atoms with Gasteiger partial charge in [-0.05, 0) is 84.6 Å². The molecule has 1 spiro atoms. The molecule has 2 heterocycles. The molecule has 0 atom stereocenters. The number of ether oxygens (including phenoxy) is 1. The first-order valence-corrected chi connectivity index (χ1v) is 20.9. The first kappa shape index (κ1) is 38.5. The number of fused-ring (bicyclic) bond motifs is 8. The molecule has 294 valence electrons. The first-order valence-electron chi connectivity index (χ1n) is 20.9. The third kappa shape index (κ3) is 6.79. The molecule has 0 fully saturated rings. The van der Waals surface area contributed by atoms with E-state index < -0.39 is 5.54 Å². The molecule has 0 unspecified atom stereocenters. The van der Waals surface area contributed by atoms with Gasteiger partial charge >= 0.3 is 0 Å². The Balaban J connectivity index is 1.12.